The monoisotopic (exact) mass is 385 g/mol. The van der Waals surface area contributed by atoms with Gasteiger partial charge in [-0.1, -0.05) is 23.4 Å². The Morgan fingerprint density at radius 1 is 1.00 bits per heavy atom. The van der Waals surface area contributed by atoms with E-state index >= 15 is 0 Å². The van der Waals surface area contributed by atoms with Crippen LogP contribution in [0.1, 0.15) is 30.7 Å². The summed E-state index contributed by atoms with van der Waals surface area (Å²) in [5.41, 5.74) is 8.75. The van der Waals surface area contributed by atoms with E-state index in [4.69, 9.17) is 10.3 Å². The zero-order chi connectivity index (χ0) is 17.8. The molecule has 0 spiro atoms. The third-order valence-corrected chi connectivity index (χ3v) is 4.82. The fraction of sp³-hybridized carbons (Fsp3) is 0.350. The van der Waals surface area contributed by atoms with Crippen molar-refractivity contribution in [3.8, 4) is 11.4 Å². The van der Waals surface area contributed by atoms with Crippen LogP contribution in [-0.4, -0.2) is 28.2 Å². The molecule has 0 unspecified atom stereocenters. The molecule has 1 saturated heterocycles. The van der Waals surface area contributed by atoms with Crippen molar-refractivity contribution < 1.29 is 4.52 Å². The Morgan fingerprint density at radius 3 is 2.56 bits per heavy atom. The van der Waals surface area contributed by atoms with Crippen molar-refractivity contribution in [2.45, 2.75) is 32.1 Å². The van der Waals surface area contributed by atoms with Crippen molar-refractivity contribution in [1.82, 2.24) is 15.1 Å². The van der Waals surface area contributed by atoms with E-state index in [0.717, 1.165) is 42.1 Å². The van der Waals surface area contributed by atoms with E-state index in [1.165, 1.54) is 19.3 Å². The maximum Gasteiger partial charge on any atom is 0.227 e. The first-order valence-corrected chi connectivity index (χ1v) is 9.17. The standard InChI is InChI=1S/C20H23N5O.ClH/c21-17-7-3-2-6-15(17)9-11-19-23-20(24-26-19)16-8-10-18(22-14-16)25-12-4-1-5-13-25;/h2-3,6-8,10,14H,1,4-5,9,11-13,21H2;1H. The van der Waals surface area contributed by atoms with Crippen LogP contribution in [0.4, 0.5) is 11.5 Å². The number of benzene rings is 1. The Morgan fingerprint density at radius 2 is 1.81 bits per heavy atom. The van der Waals surface area contributed by atoms with Crippen LogP contribution in [0.15, 0.2) is 47.1 Å². The van der Waals surface area contributed by atoms with Gasteiger partial charge in [-0.15, -0.1) is 12.4 Å². The van der Waals surface area contributed by atoms with E-state index in [0.29, 0.717) is 18.1 Å². The number of aryl methyl sites for hydroxylation is 2. The first kappa shape index (κ1) is 19.2. The predicted octanol–water partition coefficient (Wildman–Crippen LogP) is 3.91. The molecule has 1 aromatic carbocycles. The Hall–Kier alpha value is -2.60. The van der Waals surface area contributed by atoms with Gasteiger partial charge in [0, 0.05) is 37.0 Å². The summed E-state index contributed by atoms with van der Waals surface area (Å²) in [7, 11) is 0. The number of anilines is 2. The van der Waals surface area contributed by atoms with Crippen molar-refractivity contribution in [2.24, 2.45) is 0 Å². The number of hydrogen-bond donors (Lipinski definition) is 1. The summed E-state index contributed by atoms with van der Waals surface area (Å²) in [4.78, 5) is 11.4. The number of halogens is 1. The smallest absolute Gasteiger partial charge is 0.227 e. The van der Waals surface area contributed by atoms with E-state index in [1.54, 1.807) is 0 Å². The molecular weight excluding hydrogens is 362 g/mol. The molecule has 3 aromatic rings. The van der Waals surface area contributed by atoms with Gasteiger partial charge in [0.2, 0.25) is 11.7 Å². The number of nitrogens with two attached hydrogens (primary N) is 1. The second-order valence-corrected chi connectivity index (χ2v) is 6.66. The lowest BCUT2D eigenvalue weighted by Crippen LogP contribution is -2.29. The molecule has 0 bridgehead atoms. The molecule has 0 amide bonds. The molecule has 6 nitrogen and oxygen atoms in total. The van der Waals surface area contributed by atoms with E-state index in [1.807, 2.05) is 42.6 Å². The number of nitrogens with zero attached hydrogens (tertiary/aromatic N) is 4. The van der Waals surface area contributed by atoms with Gasteiger partial charge in [-0.2, -0.15) is 4.98 Å². The predicted molar refractivity (Wildman–Crippen MR) is 109 cm³/mol. The molecule has 2 aromatic heterocycles. The van der Waals surface area contributed by atoms with Crippen molar-refractivity contribution in [2.75, 3.05) is 23.7 Å². The van der Waals surface area contributed by atoms with Gasteiger partial charge in [-0.3, -0.25) is 0 Å². The number of rotatable bonds is 5. The normalized spacial score (nSPS) is 14.0. The van der Waals surface area contributed by atoms with Crippen LogP contribution in [0.25, 0.3) is 11.4 Å². The molecule has 27 heavy (non-hydrogen) atoms. The molecule has 1 fully saturated rings. The molecule has 1 aliphatic rings. The maximum atomic E-state index is 5.98. The molecule has 2 N–H and O–H groups in total. The first-order valence-electron chi connectivity index (χ1n) is 9.17. The van der Waals surface area contributed by atoms with Crippen LogP contribution in [-0.2, 0) is 12.8 Å². The highest BCUT2D eigenvalue weighted by Crippen LogP contribution is 2.21. The van der Waals surface area contributed by atoms with Gasteiger partial charge in [0.15, 0.2) is 0 Å². The Kier molecular flexibility index (Phi) is 6.29. The summed E-state index contributed by atoms with van der Waals surface area (Å²) >= 11 is 0. The van der Waals surface area contributed by atoms with Crippen LogP contribution >= 0.6 is 12.4 Å². The van der Waals surface area contributed by atoms with Crippen LogP contribution in [0.5, 0.6) is 0 Å². The lowest BCUT2D eigenvalue weighted by molar-refractivity contribution is 0.379. The Labute approximate surface area is 165 Å². The summed E-state index contributed by atoms with van der Waals surface area (Å²) in [6.07, 6.45) is 7.07. The van der Waals surface area contributed by atoms with Crippen LogP contribution in [0.2, 0.25) is 0 Å². The van der Waals surface area contributed by atoms with Gasteiger partial charge in [0.05, 0.1) is 0 Å². The van der Waals surface area contributed by atoms with Crippen molar-refractivity contribution in [1.29, 1.82) is 0 Å². The van der Waals surface area contributed by atoms with E-state index in [-0.39, 0.29) is 12.4 Å². The average Bonchev–Trinajstić information content (AvgIpc) is 3.17. The number of pyridine rings is 1. The largest absolute Gasteiger partial charge is 0.399 e. The molecule has 4 rings (SSSR count). The molecule has 0 radical (unpaired) electrons. The second kappa shape index (κ2) is 8.86. The molecule has 142 valence electrons. The average molecular weight is 386 g/mol. The van der Waals surface area contributed by atoms with Crippen LogP contribution in [0, 0.1) is 0 Å². The zero-order valence-corrected chi connectivity index (χ0v) is 16.0. The SMILES string of the molecule is Cl.Nc1ccccc1CCc1nc(-c2ccc(N3CCCCC3)nc2)no1. The summed E-state index contributed by atoms with van der Waals surface area (Å²) in [6, 6.07) is 11.9. The fourth-order valence-electron chi connectivity index (χ4n) is 3.31. The van der Waals surface area contributed by atoms with Crippen LogP contribution < -0.4 is 10.6 Å². The number of hydrogen-bond acceptors (Lipinski definition) is 6. The molecule has 0 aliphatic carbocycles. The molecule has 0 atom stereocenters. The van der Waals surface area contributed by atoms with E-state index in [2.05, 4.69) is 20.0 Å². The maximum absolute atomic E-state index is 5.98. The minimum absolute atomic E-state index is 0. The summed E-state index contributed by atoms with van der Waals surface area (Å²) in [5, 5.41) is 4.09. The van der Waals surface area contributed by atoms with Crippen molar-refractivity contribution in [3.63, 3.8) is 0 Å². The molecule has 0 saturated carbocycles. The zero-order valence-electron chi connectivity index (χ0n) is 15.2. The summed E-state index contributed by atoms with van der Waals surface area (Å²) in [5.74, 6) is 2.22. The number of nitrogen functional groups attached to an aromatic ring is 1. The second-order valence-electron chi connectivity index (χ2n) is 6.66. The minimum Gasteiger partial charge on any atom is -0.399 e. The first-order chi connectivity index (χ1) is 12.8. The third-order valence-electron chi connectivity index (χ3n) is 4.82. The van der Waals surface area contributed by atoms with Gasteiger partial charge in [-0.05, 0) is 49.4 Å². The Balaban J connectivity index is 0.00000210. The lowest BCUT2D eigenvalue weighted by atomic mass is 10.1. The molecule has 1 aliphatic heterocycles. The third kappa shape index (κ3) is 4.57. The highest BCUT2D eigenvalue weighted by Gasteiger charge is 2.14. The Bertz CT molecular complexity index is 859. The summed E-state index contributed by atoms with van der Waals surface area (Å²) < 4.78 is 5.39. The molecular formula is C20H24ClN5O. The number of aromatic nitrogens is 3. The number of para-hydroxylation sites is 1. The van der Waals surface area contributed by atoms with Gasteiger partial charge in [-0.25, -0.2) is 4.98 Å². The molecule has 7 heteroatoms. The van der Waals surface area contributed by atoms with Crippen molar-refractivity contribution >= 4 is 23.9 Å². The van der Waals surface area contributed by atoms with Crippen molar-refractivity contribution in [3.05, 3.63) is 54.0 Å². The van der Waals surface area contributed by atoms with Gasteiger partial charge in [0.25, 0.3) is 0 Å². The fourth-order valence-corrected chi connectivity index (χ4v) is 3.31. The quantitative estimate of drug-likeness (QED) is 0.670. The van der Waals surface area contributed by atoms with Gasteiger partial charge < -0.3 is 15.2 Å². The lowest BCUT2D eigenvalue weighted by Gasteiger charge is -2.27. The van der Waals surface area contributed by atoms with Gasteiger partial charge in [0.1, 0.15) is 5.82 Å². The molecule has 3 heterocycles. The minimum atomic E-state index is 0. The van der Waals surface area contributed by atoms with Gasteiger partial charge >= 0.3 is 0 Å². The van der Waals surface area contributed by atoms with E-state index < -0.39 is 0 Å². The van der Waals surface area contributed by atoms with E-state index in [9.17, 15) is 0 Å². The highest BCUT2D eigenvalue weighted by atomic mass is 35.5. The summed E-state index contributed by atoms with van der Waals surface area (Å²) in [6.45, 7) is 2.17. The highest BCUT2D eigenvalue weighted by molar-refractivity contribution is 5.85. The van der Waals surface area contributed by atoms with Crippen LogP contribution in [0.3, 0.4) is 0 Å². The topological polar surface area (TPSA) is 81.1 Å². The number of piperidine rings is 1.